The number of nitrogens with one attached hydrogen (secondary N) is 2. The molecule has 8 nitrogen and oxygen atoms in total. The Morgan fingerprint density at radius 2 is 1.87 bits per heavy atom. The average molecular weight is 416 g/mol. The molecule has 2 amide bonds. The van der Waals surface area contributed by atoms with Crippen LogP contribution in [0.5, 0.6) is 5.75 Å². The minimum Gasteiger partial charge on any atom is -0.497 e. The van der Waals surface area contributed by atoms with Crippen LogP contribution in [0, 0.1) is 0 Å². The van der Waals surface area contributed by atoms with Gasteiger partial charge in [-0.3, -0.25) is 9.59 Å². The van der Waals surface area contributed by atoms with Gasteiger partial charge in [-0.15, -0.1) is 0 Å². The second-order valence-corrected chi connectivity index (χ2v) is 6.64. The van der Waals surface area contributed by atoms with Crippen LogP contribution < -0.4 is 15.4 Å². The SMILES string of the molecule is COc1ccc(-n2ccc(CNC(=O)c3cccc(NC(=O)c4ccco4)c3)n2)cc1. The Hall–Kier alpha value is -4.33. The van der Waals surface area contributed by atoms with Gasteiger partial charge >= 0.3 is 0 Å². The Morgan fingerprint density at radius 1 is 1.03 bits per heavy atom. The second kappa shape index (κ2) is 9.00. The van der Waals surface area contributed by atoms with Gasteiger partial charge in [0.25, 0.3) is 11.8 Å². The maximum atomic E-state index is 12.5. The van der Waals surface area contributed by atoms with Gasteiger partial charge in [0.15, 0.2) is 5.76 Å². The topological polar surface area (TPSA) is 98.4 Å². The molecular formula is C23H20N4O4. The normalized spacial score (nSPS) is 10.5. The van der Waals surface area contributed by atoms with E-state index in [1.54, 1.807) is 48.2 Å². The summed E-state index contributed by atoms with van der Waals surface area (Å²) in [6.45, 7) is 0.269. The van der Waals surface area contributed by atoms with Crippen molar-refractivity contribution >= 4 is 17.5 Å². The van der Waals surface area contributed by atoms with Crippen LogP contribution >= 0.6 is 0 Å². The summed E-state index contributed by atoms with van der Waals surface area (Å²) in [4.78, 5) is 24.6. The third-order valence-corrected chi connectivity index (χ3v) is 4.54. The van der Waals surface area contributed by atoms with Crippen molar-refractivity contribution in [3.05, 3.63) is 96.2 Å². The van der Waals surface area contributed by atoms with Gasteiger partial charge in [-0.1, -0.05) is 6.07 Å². The predicted octanol–water partition coefficient (Wildman–Crippen LogP) is 3.66. The van der Waals surface area contributed by atoms with Crippen molar-refractivity contribution in [1.82, 2.24) is 15.1 Å². The molecule has 2 aromatic heterocycles. The molecular weight excluding hydrogens is 396 g/mol. The molecule has 4 aromatic rings. The van der Waals surface area contributed by atoms with Gasteiger partial charge in [0.1, 0.15) is 5.75 Å². The number of amides is 2. The van der Waals surface area contributed by atoms with Crippen LogP contribution in [-0.4, -0.2) is 28.7 Å². The van der Waals surface area contributed by atoms with E-state index >= 15 is 0 Å². The van der Waals surface area contributed by atoms with Gasteiger partial charge in [-0.2, -0.15) is 5.10 Å². The van der Waals surface area contributed by atoms with Crippen LogP contribution in [0.4, 0.5) is 5.69 Å². The second-order valence-electron chi connectivity index (χ2n) is 6.64. The predicted molar refractivity (Wildman–Crippen MR) is 114 cm³/mol. The first-order chi connectivity index (χ1) is 15.1. The van der Waals surface area contributed by atoms with Crippen molar-refractivity contribution in [2.24, 2.45) is 0 Å². The lowest BCUT2D eigenvalue weighted by atomic mass is 10.2. The first kappa shape index (κ1) is 20.0. The summed E-state index contributed by atoms with van der Waals surface area (Å²) in [6.07, 6.45) is 3.25. The Kier molecular flexibility index (Phi) is 5.79. The van der Waals surface area contributed by atoms with Gasteiger partial charge in [0.05, 0.1) is 31.3 Å². The van der Waals surface area contributed by atoms with Gasteiger partial charge in [0, 0.05) is 17.4 Å². The molecule has 0 atom stereocenters. The molecule has 0 aliphatic carbocycles. The first-order valence-electron chi connectivity index (χ1n) is 9.54. The molecule has 2 heterocycles. The highest BCUT2D eigenvalue weighted by Gasteiger charge is 2.11. The zero-order valence-electron chi connectivity index (χ0n) is 16.7. The van der Waals surface area contributed by atoms with Crippen LogP contribution in [-0.2, 0) is 6.54 Å². The number of methoxy groups -OCH3 is 1. The fraction of sp³-hybridized carbons (Fsp3) is 0.0870. The van der Waals surface area contributed by atoms with Crippen LogP contribution in [0.2, 0.25) is 0 Å². The van der Waals surface area contributed by atoms with Gasteiger partial charge in [0.2, 0.25) is 0 Å². The summed E-state index contributed by atoms with van der Waals surface area (Å²) in [7, 11) is 1.62. The van der Waals surface area contributed by atoms with E-state index in [4.69, 9.17) is 9.15 Å². The number of anilines is 1. The lowest BCUT2D eigenvalue weighted by Gasteiger charge is -2.07. The summed E-state index contributed by atoms with van der Waals surface area (Å²) in [5, 5.41) is 10.0. The molecule has 0 bridgehead atoms. The lowest BCUT2D eigenvalue weighted by Crippen LogP contribution is -2.23. The first-order valence-corrected chi connectivity index (χ1v) is 9.54. The number of ether oxygens (including phenoxy) is 1. The van der Waals surface area contributed by atoms with E-state index in [9.17, 15) is 9.59 Å². The van der Waals surface area contributed by atoms with E-state index in [-0.39, 0.29) is 24.1 Å². The summed E-state index contributed by atoms with van der Waals surface area (Å²) in [5.74, 6) is 0.313. The number of aromatic nitrogens is 2. The molecule has 2 N–H and O–H groups in total. The summed E-state index contributed by atoms with van der Waals surface area (Å²) >= 11 is 0. The van der Waals surface area contributed by atoms with Gasteiger partial charge < -0.3 is 19.8 Å². The molecule has 0 fully saturated rings. The molecule has 31 heavy (non-hydrogen) atoms. The van der Waals surface area contributed by atoms with Crippen LogP contribution in [0.25, 0.3) is 5.69 Å². The highest BCUT2D eigenvalue weighted by Crippen LogP contribution is 2.15. The molecule has 0 unspecified atom stereocenters. The number of carbonyl (C=O) groups excluding carboxylic acids is 2. The van der Waals surface area contributed by atoms with E-state index < -0.39 is 0 Å². The molecule has 0 saturated heterocycles. The smallest absolute Gasteiger partial charge is 0.291 e. The highest BCUT2D eigenvalue weighted by molar-refractivity contribution is 6.03. The van der Waals surface area contributed by atoms with E-state index in [1.165, 1.54) is 6.26 Å². The molecule has 156 valence electrons. The Morgan fingerprint density at radius 3 is 2.61 bits per heavy atom. The number of hydrogen-bond acceptors (Lipinski definition) is 5. The zero-order chi connectivity index (χ0) is 21.6. The summed E-state index contributed by atoms with van der Waals surface area (Å²) < 4.78 is 12.0. The third-order valence-electron chi connectivity index (χ3n) is 4.54. The standard InChI is InChI=1S/C23H20N4O4/c1-30-20-9-7-19(8-10-20)27-12-11-18(26-27)15-24-22(28)16-4-2-5-17(14-16)25-23(29)21-6-3-13-31-21/h2-14H,15H2,1H3,(H,24,28)(H,25,29). The van der Waals surface area contributed by atoms with E-state index in [0.717, 1.165) is 11.4 Å². The molecule has 2 aromatic carbocycles. The van der Waals surface area contributed by atoms with Crippen molar-refractivity contribution < 1.29 is 18.7 Å². The largest absolute Gasteiger partial charge is 0.497 e. The van der Waals surface area contributed by atoms with E-state index in [0.29, 0.717) is 16.9 Å². The fourth-order valence-corrected chi connectivity index (χ4v) is 2.95. The summed E-state index contributed by atoms with van der Waals surface area (Å²) in [5.41, 5.74) is 2.52. The third kappa shape index (κ3) is 4.81. The highest BCUT2D eigenvalue weighted by atomic mass is 16.5. The number of carbonyl (C=O) groups is 2. The number of benzene rings is 2. The molecule has 4 rings (SSSR count). The zero-order valence-corrected chi connectivity index (χ0v) is 16.7. The monoisotopic (exact) mass is 416 g/mol. The Balaban J connectivity index is 1.36. The maximum absolute atomic E-state index is 12.5. The average Bonchev–Trinajstić information content (AvgIpc) is 3.50. The van der Waals surface area contributed by atoms with Crippen LogP contribution in [0.15, 0.2) is 83.6 Å². The molecule has 0 spiro atoms. The van der Waals surface area contributed by atoms with Gasteiger partial charge in [-0.25, -0.2) is 4.68 Å². The van der Waals surface area contributed by atoms with E-state index in [1.807, 2.05) is 36.5 Å². The number of hydrogen-bond donors (Lipinski definition) is 2. The van der Waals surface area contributed by atoms with Gasteiger partial charge in [-0.05, 0) is 60.7 Å². The van der Waals surface area contributed by atoms with Crippen molar-refractivity contribution in [3.8, 4) is 11.4 Å². The number of furan rings is 1. The minimum absolute atomic E-state index is 0.197. The minimum atomic E-state index is -0.383. The van der Waals surface area contributed by atoms with Crippen molar-refractivity contribution in [3.63, 3.8) is 0 Å². The fourth-order valence-electron chi connectivity index (χ4n) is 2.95. The maximum Gasteiger partial charge on any atom is 0.291 e. The van der Waals surface area contributed by atoms with Crippen molar-refractivity contribution in [1.29, 1.82) is 0 Å². The summed E-state index contributed by atoms with van der Waals surface area (Å²) in [6, 6.07) is 19.2. The molecule has 8 heteroatoms. The lowest BCUT2D eigenvalue weighted by molar-refractivity contribution is 0.0948. The molecule has 0 radical (unpaired) electrons. The van der Waals surface area contributed by atoms with Crippen molar-refractivity contribution in [2.75, 3.05) is 12.4 Å². The quantitative estimate of drug-likeness (QED) is 0.479. The molecule has 0 saturated carbocycles. The van der Waals surface area contributed by atoms with Crippen molar-refractivity contribution in [2.45, 2.75) is 6.54 Å². The molecule has 0 aliphatic heterocycles. The van der Waals surface area contributed by atoms with E-state index in [2.05, 4.69) is 15.7 Å². The Bertz CT molecular complexity index is 1180. The Labute approximate surface area is 178 Å². The number of rotatable bonds is 7. The molecule has 0 aliphatic rings. The number of nitrogens with zero attached hydrogens (tertiary/aromatic N) is 2. The van der Waals surface area contributed by atoms with Crippen LogP contribution in [0.1, 0.15) is 26.6 Å². The van der Waals surface area contributed by atoms with Crippen LogP contribution in [0.3, 0.4) is 0 Å².